The first-order valence-electron chi connectivity index (χ1n) is 6.86. The third kappa shape index (κ3) is 2.79. The predicted molar refractivity (Wildman–Crippen MR) is 81.4 cm³/mol. The Morgan fingerprint density at radius 1 is 1.19 bits per heavy atom. The number of rotatable bonds is 4. The molecule has 3 aromatic rings. The Hall–Kier alpha value is -2.62. The number of aliphatic carboxylic acids is 1. The van der Waals surface area contributed by atoms with Gasteiger partial charge in [0.15, 0.2) is 0 Å². The second-order valence-corrected chi connectivity index (χ2v) is 5.14. The second kappa shape index (κ2) is 5.40. The minimum absolute atomic E-state index is 0.0438. The Morgan fingerprint density at radius 3 is 2.76 bits per heavy atom. The van der Waals surface area contributed by atoms with Crippen LogP contribution in [-0.2, 0) is 17.6 Å². The largest absolute Gasteiger partial charge is 0.481 e. The number of nitrogens with one attached hydrogen (secondary N) is 1. The SMILES string of the molecule is Cc1[nH]c(Cc2cccc3ccccc23)nc1CC(=O)O. The van der Waals surface area contributed by atoms with Crippen molar-refractivity contribution in [2.24, 2.45) is 0 Å². The van der Waals surface area contributed by atoms with Gasteiger partial charge in [0.25, 0.3) is 0 Å². The molecule has 0 unspecified atom stereocenters. The van der Waals surface area contributed by atoms with Gasteiger partial charge in [0, 0.05) is 12.1 Å². The lowest BCUT2D eigenvalue weighted by Crippen LogP contribution is -2.02. The van der Waals surface area contributed by atoms with Crippen molar-refractivity contribution in [1.82, 2.24) is 9.97 Å². The molecular weight excluding hydrogens is 264 g/mol. The molecule has 4 heteroatoms. The molecule has 3 rings (SSSR count). The zero-order chi connectivity index (χ0) is 14.8. The number of imidazole rings is 1. The van der Waals surface area contributed by atoms with Gasteiger partial charge in [-0.15, -0.1) is 0 Å². The maximum atomic E-state index is 10.8. The third-order valence-corrected chi connectivity index (χ3v) is 3.59. The van der Waals surface area contributed by atoms with Crippen LogP contribution in [0.2, 0.25) is 0 Å². The molecule has 0 radical (unpaired) electrons. The van der Waals surface area contributed by atoms with Crippen LogP contribution in [0.25, 0.3) is 10.8 Å². The number of carboxylic acid groups (broad SMARTS) is 1. The Kier molecular flexibility index (Phi) is 3.44. The van der Waals surface area contributed by atoms with E-state index < -0.39 is 5.97 Å². The predicted octanol–water partition coefficient (Wildman–Crippen LogP) is 3.09. The van der Waals surface area contributed by atoms with Gasteiger partial charge >= 0.3 is 5.97 Å². The zero-order valence-corrected chi connectivity index (χ0v) is 11.8. The van der Waals surface area contributed by atoms with Gasteiger partial charge in [-0.3, -0.25) is 4.79 Å². The fraction of sp³-hybridized carbons (Fsp3) is 0.176. The van der Waals surface area contributed by atoms with Crippen molar-refractivity contribution in [1.29, 1.82) is 0 Å². The number of nitrogens with zero attached hydrogens (tertiary/aromatic N) is 1. The van der Waals surface area contributed by atoms with Crippen molar-refractivity contribution in [3.05, 3.63) is 65.2 Å². The van der Waals surface area contributed by atoms with Crippen molar-refractivity contribution in [2.45, 2.75) is 19.8 Å². The number of hydrogen-bond donors (Lipinski definition) is 2. The summed E-state index contributed by atoms with van der Waals surface area (Å²) >= 11 is 0. The second-order valence-electron chi connectivity index (χ2n) is 5.14. The molecule has 0 aliphatic carbocycles. The fourth-order valence-electron chi connectivity index (χ4n) is 2.59. The molecule has 106 valence electrons. The molecule has 1 aromatic heterocycles. The first-order valence-corrected chi connectivity index (χ1v) is 6.86. The Bertz CT molecular complexity index is 800. The van der Waals surface area contributed by atoms with Crippen LogP contribution in [-0.4, -0.2) is 21.0 Å². The molecule has 0 bridgehead atoms. The normalized spacial score (nSPS) is 10.9. The average Bonchev–Trinajstić information content (AvgIpc) is 2.78. The number of aryl methyl sites for hydroxylation is 1. The molecule has 0 aliphatic rings. The van der Waals surface area contributed by atoms with Gasteiger partial charge in [-0.2, -0.15) is 0 Å². The summed E-state index contributed by atoms with van der Waals surface area (Å²) in [6.07, 6.45) is 0.625. The molecule has 0 saturated heterocycles. The van der Waals surface area contributed by atoms with Crippen LogP contribution in [0.4, 0.5) is 0 Å². The lowest BCUT2D eigenvalue weighted by Gasteiger charge is -2.04. The van der Waals surface area contributed by atoms with Crippen molar-refractivity contribution < 1.29 is 9.90 Å². The van der Waals surface area contributed by atoms with Crippen LogP contribution in [0.3, 0.4) is 0 Å². The number of aromatic nitrogens is 2. The number of benzene rings is 2. The number of aromatic amines is 1. The van der Waals surface area contributed by atoms with Gasteiger partial charge in [0.2, 0.25) is 0 Å². The molecule has 2 N–H and O–H groups in total. The van der Waals surface area contributed by atoms with E-state index in [1.807, 2.05) is 25.1 Å². The van der Waals surface area contributed by atoms with E-state index in [1.54, 1.807) is 0 Å². The highest BCUT2D eigenvalue weighted by molar-refractivity contribution is 5.85. The first kappa shape index (κ1) is 13.4. The Balaban J connectivity index is 1.94. The average molecular weight is 280 g/mol. The fourth-order valence-corrected chi connectivity index (χ4v) is 2.59. The number of fused-ring (bicyclic) bond motifs is 1. The summed E-state index contributed by atoms with van der Waals surface area (Å²) in [7, 11) is 0. The topological polar surface area (TPSA) is 66.0 Å². The third-order valence-electron chi connectivity index (χ3n) is 3.59. The van der Waals surface area contributed by atoms with E-state index in [9.17, 15) is 4.79 Å². The number of carbonyl (C=O) groups is 1. The van der Waals surface area contributed by atoms with Gasteiger partial charge in [0.1, 0.15) is 5.82 Å². The molecule has 0 aliphatic heterocycles. The van der Waals surface area contributed by atoms with Crippen molar-refractivity contribution >= 4 is 16.7 Å². The van der Waals surface area contributed by atoms with Crippen molar-refractivity contribution in [3.63, 3.8) is 0 Å². The summed E-state index contributed by atoms with van der Waals surface area (Å²) in [5.41, 5.74) is 2.62. The lowest BCUT2D eigenvalue weighted by atomic mass is 10.0. The Morgan fingerprint density at radius 2 is 1.95 bits per heavy atom. The molecule has 21 heavy (non-hydrogen) atoms. The minimum atomic E-state index is -0.860. The first-order chi connectivity index (χ1) is 10.1. The highest BCUT2D eigenvalue weighted by Gasteiger charge is 2.11. The van der Waals surface area contributed by atoms with E-state index >= 15 is 0 Å². The molecule has 1 heterocycles. The smallest absolute Gasteiger partial charge is 0.309 e. The lowest BCUT2D eigenvalue weighted by molar-refractivity contribution is -0.136. The van der Waals surface area contributed by atoms with Crippen LogP contribution in [0.1, 0.15) is 22.8 Å². The Labute approximate surface area is 122 Å². The minimum Gasteiger partial charge on any atom is -0.481 e. The molecule has 0 fully saturated rings. The standard InChI is InChI=1S/C17H16N2O2/c1-11-15(10-17(20)21)19-16(18-11)9-13-7-4-6-12-5-2-3-8-14(12)13/h2-8H,9-10H2,1H3,(H,18,19)(H,20,21). The van der Waals surface area contributed by atoms with Gasteiger partial charge in [-0.25, -0.2) is 4.98 Å². The van der Waals surface area contributed by atoms with E-state index in [1.165, 1.54) is 16.3 Å². The molecular formula is C17H16N2O2. The number of hydrogen-bond acceptors (Lipinski definition) is 2. The van der Waals surface area contributed by atoms with Crippen molar-refractivity contribution in [3.8, 4) is 0 Å². The zero-order valence-electron chi connectivity index (χ0n) is 11.8. The maximum Gasteiger partial charge on any atom is 0.309 e. The van der Waals surface area contributed by atoms with Crippen LogP contribution >= 0.6 is 0 Å². The summed E-state index contributed by atoms with van der Waals surface area (Å²) in [6.45, 7) is 1.86. The highest BCUT2D eigenvalue weighted by atomic mass is 16.4. The van der Waals surface area contributed by atoms with Gasteiger partial charge in [-0.05, 0) is 23.3 Å². The monoisotopic (exact) mass is 280 g/mol. The van der Waals surface area contributed by atoms with Crippen LogP contribution in [0, 0.1) is 6.92 Å². The summed E-state index contributed by atoms with van der Waals surface area (Å²) in [6, 6.07) is 14.4. The molecule has 0 saturated carbocycles. The molecule has 0 spiro atoms. The van der Waals surface area contributed by atoms with E-state index in [2.05, 4.69) is 34.2 Å². The summed E-state index contributed by atoms with van der Waals surface area (Å²) < 4.78 is 0. The van der Waals surface area contributed by atoms with Crippen molar-refractivity contribution in [2.75, 3.05) is 0 Å². The van der Waals surface area contributed by atoms with Gasteiger partial charge < -0.3 is 10.1 Å². The van der Waals surface area contributed by atoms with E-state index in [0.717, 1.165) is 11.5 Å². The summed E-state index contributed by atoms with van der Waals surface area (Å²) in [4.78, 5) is 18.4. The molecule has 0 atom stereocenters. The van der Waals surface area contributed by atoms with Crippen LogP contribution in [0.5, 0.6) is 0 Å². The van der Waals surface area contributed by atoms with Crippen LogP contribution in [0.15, 0.2) is 42.5 Å². The van der Waals surface area contributed by atoms with E-state index in [-0.39, 0.29) is 6.42 Å². The number of H-pyrrole nitrogens is 1. The van der Waals surface area contributed by atoms with E-state index in [0.29, 0.717) is 12.1 Å². The summed E-state index contributed by atoms with van der Waals surface area (Å²) in [5.74, 6) is -0.0542. The van der Waals surface area contributed by atoms with Gasteiger partial charge in [0.05, 0.1) is 12.1 Å². The molecule has 4 nitrogen and oxygen atoms in total. The molecule has 0 amide bonds. The quantitative estimate of drug-likeness (QED) is 0.771. The summed E-state index contributed by atoms with van der Waals surface area (Å²) in [5, 5.41) is 11.3. The van der Waals surface area contributed by atoms with Gasteiger partial charge in [-0.1, -0.05) is 42.5 Å². The van der Waals surface area contributed by atoms with Crippen LogP contribution < -0.4 is 0 Å². The molecule has 2 aromatic carbocycles. The van der Waals surface area contributed by atoms with E-state index in [4.69, 9.17) is 5.11 Å². The highest BCUT2D eigenvalue weighted by Crippen LogP contribution is 2.21. The number of carboxylic acids is 1. The maximum absolute atomic E-state index is 10.8.